The van der Waals surface area contributed by atoms with Crippen molar-refractivity contribution in [1.29, 1.82) is 0 Å². The number of likely N-dealkylation sites (tertiary alicyclic amines) is 1. The zero-order valence-corrected chi connectivity index (χ0v) is 17.5. The molecule has 0 radical (unpaired) electrons. The van der Waals surface area contributed by atoms with Crippen molar-refractivity contribution in [2.24, 2.45) is 0 Å². The van der Waals surface area contributed by atoms with E-state index < -0.39 is 11.7 Å². The van der Waals surface area contributed by atoms with Crippen LogP contribution in [0.15, 0.2) is 59.5 Å². The Labute approximate surface area is 183 Å². The Balaban J connectivity index is 1.48. The molecule has 1 saturated heterocycles. The molecule has 32 heavy (non-hydrogen) atoms. The number of oxazole rings is 1. The van der Waals surface area contributed by atoms with Crippen LogP contribution in [0.3, 0.4) is 0 Å². The zero-order chi connectivity index (χ0) is 22.7. The average Bonchev–Trinajstić information content (AvgIpc) is 3.22. The normalized spacial score (nSPS) is 16.6. The second-order valence-corrected chi connectivity index (χ2v) is 7.84. The van der Waals surface area contributed by atoms with Crippen LogP contribution < -0.4 is 5.32 Å². The van der Waals surface area contributed by atoms with Crippen LogP contribution in [0.1, 0.15) is 52.0 Å². The highest BCUT2D eigenvalue weighted by Gasteiger charge is 2.32. The first kappa shape index (κ1) is 22.0. The second-order valence-electron chi connectivity index (χ2n) is 7.84. The Morgan fingerprint density at radius 3 is 2.44 bits per heavy atom. The Kier molecular flexibility index (Phi) is 6.27. The van der Waals surface area contributed by atoms with Crippen molar-refractivity contribution in [3.8, 4) is 0 Å². The fourth-order valence-corrected chi connectivity index (χ4v) is 4.04. The zero-order valence-electron chi connectivity index (χ0n) is 17.5. The molecule has 1 fully saturated rings. The summed E-state index contributed by atoms with van der Waals surface area (Å²) in [7, 11) is 0. The van der Waals surface area contributed by atoms with Gasteiger partial charge in [-0.15, -0.1) is 0 Å². The number of hydrogen-bond donors (Lipinski definition) is 1. The molecule has 6 nitrogen and oxygen atoms in total. The van der Waals surface area contributed by atoms with Crippen molar-refractivity contribution in [3.05, 3.63) is 83.3 Å². The molecule has 1 aromatic carbocycles. The van der Waals surface area contributed by atoms with Gasteiger partial charge in [0.1, 0.15) is 6.26 Å². The van der Waals surface area contributed by atoms with Crippen LogP contribution in [0.2, 0.25) is 0 Å². The quantitative estimate of drug-likeness (QED) is 0.633. The van der Waals surface area contributed by atoms with E-state index >= 15 is 0 Å². The van der Waals surface area contributed by atoms with E-state index in [9.17, 15) is 18.0 Å². The van der Waals surface area contributed by atoms with Crippen LogP contribution in [0.25, 0.3) is 0 Å². The first-order valence-electron chi connectivity index (χ1n) is 10.4. The van der Waals surface area contributed by atoms with Crippen LogP contribution in [0.5, 0.6) is 0 Å². The van der Waals surface area contributed by atoms with Gasteiger partial charge in [-0.3, -0.25) is 14.7 Å². The first-order valence-corrected chi connectivity index (χ1v) is 10.4. The number of carbonyl (C=O) groups is 1. The van der Waals surface area contributed by atoms with Crippen molar-refractivity contribution >= 4 is 5.91 Å². The van der Waals surface area contributed by atoms with Crippen LogP contribution in [0.4, 0.5) is 13.2 Å². The summed E-state index contributed by atoms with van der Waals surface area (Å²) in [5.74, 6) is 0.160. The van der Waals surface area contributed by atoms with Crippen molar-refractivity contribution < 1.29 is 22.4 Å². The minimum absolute atomic E-state index is 0.0158. The van der Waals surface area contributed by atoms with E-state index in [1.54, 1.807) is 19.3 Å². The van der Waals surface area contributed by atoms with E-state index in [1.165, 1.54) is 18.4 Å². The summed E-state index contributed by atoms with van der Waals surface area (Å²) in [4.78, 5) is 22.8. The highest BCUT2D eigenvalue weighted by Crippen LogP contribution is 2.34. The largest absolute Gasteiger partial charge is 0.448 e. The summed E-state index contributed by atoms with van der Waals surface area (Å²) >= 11 is 0. The maximum absolute atomic E-state index is 13.0. The SMILES string of the molecule is Cc1nc(C(=O)NC2CCN(C(c3ccc(C(F)(F)F)cc3)c3cccnc3)CC2)co1. The highest BCUT2D eigenvalue weighted by molar-refractivity contribution is 5.92. The molecule has 1 amide bonds. The van der Waals surface area contributed by atoms with Gasteiger partial charge in [-0.1, -0.05) is 18.2 Å². The van der Waals surface area contributed by atoms with Gasteiger partial charge in [-0.2, -0.15) is 13.2 Å². The fourth-order valence-electron chi connectivity index (χ4n) is 4.04. The van der Waals surface area contributed by atoms with Gasteiger partial charge in [0.05, 0.1) is 11.6 Å². The standard InChI is InChI=1S/C23H23F3N4O2/c1-15-28-20(14-32-15)22(31)29-19-8-11-30(12-9-19)21(17-3-2-10-27-13-17)16-4-6-18(7-5-16)23(24,25)26/h2-7,10,13-14,19,21H,8-9,11-12H2,1H3,(H,29,31). The number of aryl methyl sites for hydroxylation is 1. The van der Waals surface area contributed by atoms with Gasteiger partial charge in [0, 0.05) is 38.4 Å². The lowest BCUT2D eigenvalue weighted by Gasteiger charge is -2.38. The summed E-state index contributed by atoms with van der Waals surface area (Å²) in [5, 5.41) is 2.99. The number of nitrogens with one attached hydrogen (secondary N) is 1. The van der Waals surface area contributed by atoms with Crippen molar-refractivity contribution in [2.75, 3.05) is 13.1 Å². The minimum atomic E-state index is -4.37. The van der Waals surface area contributed by atoms with Gasteiger partial charge in [0.15, 0.2) is 11.6 Å². The van der Waals surface area contributed by atoms with Crippen LogP contribution >= 0.6 is 0 Å². The van der Waals surface area contributed by atoms with E-state index in [2.05, 4.69) is 20.2 Å². The van der Waals surface area contributed by atoms with Gasteiger partial charge in [0.25, 0.3) is 5.91 Å². The fraction of sp³-hybridized carbons (Fsp3) is 0.348. The number of rotatable bonds is 5. The molecule has 3 heterocycles. The number of benzene rings is 1. The molecule has 1 aliphatic heterocycles. The monoisotopic (exact) mass is 444 g/mol. The Bertz CT molecular complexity index is 1040. The number of alkyl halides is 3. The van der Waals surface area contributed by atoms with E-state index in [4.69, 9.17) is 4.42 Å². The Morgan fingerprint density at radius 2 is 1.88 bits per heavy atom. The first-order chi connectivity index (χ1) is 15.3. The lowest BCUT2D eigenvalue weighted by Crippen LogP contribution is -2.46. The van der Waals surface area contributed by atoms with Crippen LogP contribution in [-0.4, -0.2) is 39.9 Å². The van der Waals surface area contributed by atoms with Crippen molar-refractivity contribution in [2.45, 2.75) is 38.0 Å². The van der Waals surface area contributed by atoms with Gasteiger partial charge in [-0.25, -0.2) is 4.98 Å². The Hall–Kier alpha value is -3.20. The summed E-state index contributed by atoms with van der Waals surface area (Å²) in [5.41, 5.74) is 1.26. The van der Waals surface area contributed by atoms with Crippen LogP contribution in [-0.2, 0) is 6.18 Å². The molecular weight excluding hydrogens is 421 g/mol. The molecule has 1 aliphatic rings. The van der Waals surface area contributed by atoms with Gasteiger partial charge >= 0.3 is 6.18 Å². The highest BCUT2D eigenvalue weighted by atomic mass is 19.4. The second kappa shape index (κ2) is 9.12. The summed E-state index contributed by atoms with van der Waals surface area (Å²) in [6.07, 6.45) is 1.79. The lowest BCUT2D eigenvalue weighted by molar-refractivity contribution is -0.137. The number of halogens is 3. The summed E-state index contributed by atoms with van der Waals surface area (Å²) in [6.45, 7) is 3.02. The predicted molar refractivity (Wildman–Crippen MR) is 111 cm³/mol. The van der Waals surface area contributed by atoms with Crippen LogP contribution in [0, 0.1) is 6.92 Å². The van der Waals surface area contributed by atoms with Crippen molar-refractivity contribution in [1.82, 2.24) is 20.2 Å². The summed E-state index contributed by atoms with van der Waals surface area (Å²) in [6, 6.07) is 8.80. The molecule has 0 aliphatic carbocycles. The van der Waals surface area contributed by atoms with Gasteiger partial charge in [0.2, 0.25) is 0 Å². The smallest absolute Gasteiger partial charge is 0.416 e. The predicted octanol–water partition coefficient (Wildman–Crippen LogP) is 4.38. The number of pyridine rings is 1. The number of nitrogens with zero attached hydrogens (tertiary/aromatic N) is 3. The van der Waals surface area contributed by atoms with E-state index in [0.29, 0.717) is 31.8 Å². The molecule has 0 spiro atoms. The molecule has 2 aromatic heterocycles. The third-order valence-electron chi connectivity index (χ3n) is 5.64. The molecule has 0 bridgehead atoms. The molecule has 4 rings (SSSR count). The lowest BCUT2D eigenvalue weighted by atomic mass is 9.94. The van der Waals surface area contributed by atoms with Gasteiger partial charge in [-0.05, 0) is 42.2 Å². The number of hydrogen-bond acceptors (Lipinski definition) is 5. The third kappa shape index (κ3) is 4.99. The number of aromatic nitrogens is 2. The van der Waals surface area contributed by atoms with E-state index in [0.717, 1.165) is 23.3 Å². The van der Waals surface area contributed by atoms with E-state index in [-0.39, 0.29) is 23.7 Å². The number of piperidine rings is 1. The number of amides is 1. The minimum Gasteiger partial charge on any atom is -0.448 e. The average molecular weight is 444 g/mol. The third-order valence-corrected chi connectivity index (χ3v) is 5.64. The van der Waals surface area contributed by atoms with E-state index in [1.807, 2.05) is 12.1 Å². The molecule has 0 saturated carbocycles. The maximum Gasteiger partial charge on any atom is 0.416 e. The molecule has 1 N–H and O–H groups in total. The Morgan fingerprint density at radius 1 is 1.16 bits per heavy atom. The molecule has 168 valence electrons. The molecule has 9 heteroatoms. The topological polar surface area (TPSA) is 71.3 Å². The molecule has 1 atom stereocenters. The summed E-state index contributed by atoms with van der Waals surface area (Å²) < 4.78 is 44.1. The number of carbonyl (C=O) groups excluding carboxylic acids is 1. The molecular formula is C23H23F3N4O2. The molecule has 3 aromatic rings. The maximum atomic E-state index is 13.0. The van der Waals surface area contributed by atoms with Gasteiger partial charge < -0.3 is 9.73 Å². The molecule has 1 unspecified atom stereocenters. The van der Waals surface area contributed by atoms with Crippen molar-refractivity contribution in [3.63, 3.8) is 0 Å².